The van der Waals surface area contributed by atoms with Gasteiger partial charge in [-0.3, -0.25) is 33.7 Å². The SMILES string of the molecule is CCC(C)C(C(CC(=O)N1CCCC1C(OC)C(C)C(=O)NC(Cc1ccc(O)cc1)C(=O)N1CCCCO1)OC)N(C)C(=O)C(NC(=O)C(C(C)C)N(C)CCCCCC(=O)On1c(O)ccc1O)C(C)C. The van der Waals surface area contributed by atoms with Gasteiger partial charge in [-0.25, -0.2) is 9.86 Å². The van der Waals surface area contributed by atoms with Crippen LogP contribution in [0.4, 0.5) is 0 Å². The first-order valence-electron chi connectivity index (χ1n) is 26.1. The minimum atomic E-state index is -0.960. The fourth-order valence-corrected chi connectivity index (χ4v) is 10.2. The van der Waals surface area contributed by atoms with Crippen molar-refractivity contribution in [2.45, 2.75) is 162 Å². The molecule has 9 unspecified atom stereocenters. The zero-order chi connectivity index (χ0) is 54.1. The van der Waals surface area contributed by atoms with E-state index in [1.54, 1.807) is 35.9 Å². The number of ether oxygens (including phenoxy) is 2. The van der Waals surface area contributed by atoms with E-state index in [0.717, 1.165) is 18.4 Å². The standard InChI is InChI=1S/C53H85N7O13/c1-12-35(6)48(57(9)53(69)46(33(2)3)55-51(67)47(34(4)5)56(8)27-15-13-14-20-45(65)73-60-42(62)25-26-43(60)63)41(70-10)32-44(64)58-28-18-19-40(58)49(71-11)36(7)50(66)54-39(31-37-21-23-38(61)24-22-37)52(68)59-29-16-17-30-72-59/h21-26,33-36,39-41,46-49,61-63H,12-20,27-32H2,1-11H3,(H,54,66)(H,55,67). The van der Waals surface area contributed by atoms with Crippen LogP contribution in [0.15, 0.2) is 36.4 Å². The van der Waals surface area contributed by atoms with Crippen LogP contribution < -0.4 is 15.5 Å². The maximum atomic E-state index is 14.7. The molecule has 2 aliphatic rings. The molecule has 1 aromatic heterocycles. The summed E-state index contributed by atoms with van der Waals surface area (Å²) < 4.78 is 12.8. The molecule has 0 radical (unpaired) electrons. The number of carbonyl (C=O) groups excluding carboxylic acids is 6. The maximum absolute atomic E-state index is 14.7. The van der Waals surface area contributed by atoms with Crippen molar-refractivity contribution >= 4 is 35.5 Å². The average molecular weight is 1030 g/mol. The molecule has 5 N–H and O–H groups in total. The van der Waals surface area contributed by atoms with Crippen molar-refractivity contribution in [3.63, 3.8) is 0 Å². The predicted octanol–water partition coefficient (Wildman–Crippen LogP) is 4.42. The number of nitrogens with zero attached hydrogens (tertiary/aromatic N) is 5. The number of phenolic OH excluding ortho intramolecular Hbond substituents is 1. The molecule has 0 bridgehead atoms. The average Bonchev–Trinajstić information content (AvgIpc) is 3.98. The van der Waals surface area contributed by atoms with Gasteiger partial charge in [0, 0.05) is 59.3 Å². The highest BCUT2D eigenvalue weighted by Crippen LogP contribution is 2.30. The van der Waals surface area contributed by atoms with E-state index in [1.165, 1.54) is 43.5 Å². The summed E-state index contributed by atoms with van der Waals surface area (Å²) in [6.07, 6.45) is 4.06. The molecular formula is C53H85N7O13. The van der Waals surface area contributed by atoms with Gasteiger partial charge in [0.05, 0.1) is 49.3 Å². The summed E-state index contributed by atoms with van der Waals surface area (Å²) in [7, 11) is 6.59. The third kappa shape index (κ3) is 16.5. The molecule has 5 amide bonds. The first-order chi connectivity index (χ1) is 34.6. The molecule has 2 saturated heterocycles. The zero-order valence-electron chi connectivity index (χ0n) is 45.1. The fourth-order valence-electron chi connectivity index (χ4n) is 10.2. The molecule has 2 fully saturated rings. The van der Waals surface area contributed by atoms with Crippen molar-refractivity contribution in [3.8, 4) is 17.5 Å². The minimum absolute atomic E-state index is 0.0594. The van der Waals surface area contributed by atoms with Gasteiger partial charge in [-0.05, 0) is 87.6 Å². The monoisotopic (exact) mass is 1030 g/mol. The van der Waals surface area contributed by atoms with Crippen molar-refractivity contribution in [2.24, 2.45) is 23.7 Å². The van der Waals surface area contributed by atoms with Crippen molar-refractivity contribution in [1.82, 2.24) is 35.1 Å². The summed E-state index contributed by atoms with van der Waals surface area (Å²) in [6, 6.07) is 5.44. The van der Waals surface area contributed by atoms with Crippen LogP contribution >= 0.6 is 0 Å². The Morgan fingerprint density at radius 2 is 1.48 bits per heavy atom. The molecule has 20 nitrogen and oxygen atoms in total. The van der Waals surface area contributed by atoms with E-state index in [1.807, 2.05) is 53.5 Å². The number of likely N-dealkylation sites (tertiary alicyclic amines) is 1. The van der Waals surface area contributed by atoms with E-state index < -0.39 is 72.0 Å². The maximum Gasteiger partial charge on any atom is 0.333 e. The first kappa shape index (κ1) is 60.1. The van der Waals surface area contributed by atoms with Gasteiger partial charge < -0.3 is 50.1 Å². The zero-order valence-corrected chi connectivity index (χ0v) is 45.1. The van der Waals surface area contributed by atoms with E-state index in [9.17, 15) is 44.1 Å². The number of amides is 5. The molecule has 0 aliphatic carbocycles. The number of unbranched alkanes of at least 4 members (excludes halogenated alkanes) is 2. The van der Waals surface area contributed by atoms with Crippen LogP contribution in [0.1, 0.15) is 118 Å². The molecule has 20 heteroatoms. The lowest BCUT2D eigenvalue weighted by atomic mass is 9.89. The lowest BCUT2D eigenvalue weighted by molar-refractivity contribution is -0.199. The van der Waals surface area contributed by atoms with E-state index in [-0.39, 0.29) is 66.4 Å². The first-order valence-corrected chi connectivity index (χ1v) is 26.1. The Morgan fingerprint density at radius 3 is 2.05 bits per heavy atom. The second kappa shape index (κ2) is 28.9. The van der Waals surface area contributed by atoms with Crippen LogP contribution in [0.25, 0.3) is 0 Å². The Hall–Kier alpha value is -5.44. The molecule has 73 heavy (non-hydrogen) atoms. The van der Waals surface area contributed by atoms with Crippen LogP contribution in [0.2, 0.25) is 0 Å². The van der Waals surface area contributed by atoms with E-state index in [4.69, 9.17) is 19.1 Å². The number of carbonyl (C=O) groups is 6. The number of benzene rings is 1. The highest BCUT2D eigenvalue weighted by molar-refractivity contribution is 5.91. The second-order valence-electron chi connectivity index (χ2n) is 20.5. The highest BCUT2D eigenvalue weighted by Gasteiger charge is 2.44. The van der Waals surface area contributed by atoms with Gasteiger partial charge in [-0.1, -0.05) is 73.4 Å². The molecule has 0 saturated carbocycles. The van der Waals surface area contributed by atoms with Crippen LogP contribution in [-0.4, -0.2) is 172 Å². The number of methoxy groups -OCH3 is 2. The number of hydrogen-bond acceptors (Lipinski definition) is 14. The number of phenols is 1. The molecule has 1 aromatic carbocycles. The van der Waals surface area contributed by atoms with Crippen LogP contribution in [-0.2, 0) is 49.5 Å². The highest BCUT2D eigenvalue weighted by atomic mass is 16.7. The Kier molecular flexibility index (Phi) is 23.8. The van der Waals surface area contributed by atoms with E-state index in [2.05, 4.69) is 10.6 Å². The summed E-state index contributed by atoms with van der Waals surface area (Å²) in [4.78, 5) is 99.6. The molecule has 4 rings (SSSR count). The number of hydrogen-bond donors (Lipinski definition) is 5. The second-order valence-corrected chi connectivity index (χ2v) is 20.5. The van der Waals surface area contributed by atoms with Gasteiger partial charge in [0.1, 0.15) is 17.8 Å². The largest absolute Gasteiger partial charge is 0.508 e. The molecule has 410 valence electrons. The fraction of sp³-hybridized carbons (Fsp3) is 0.698. The molecule has 2 aromatic rings. The Balaban J connectivity index is 1.42. The van der Waals surface area contributed by atoms with Gasteiger partial charge in [-0.2, -0.15) is 0 Å². The summed E-state index contributed by atoms with van der Waals surface area (Å²) in [5.41, 5.74) is 0.738. The normalized spacial score (nSPS) is 18.4. The third-order valence-electron chi connectivity index (χ3n) is 14.5. The Labute approximate surface area is 431 Å². The molecule has 3 heterocycles. The van der Waals surface area contributed by atoms with Gasteiger partial charge in [0.15, 0.2) is 0 Å². The lowest BCUT2D eigenvalue weighted by Gasteiger charge is -2.41. The lowest BCUT2D eigenvalue weighted by Crippen LogP contribution is -2.60. The quantitative estimate of drug-likeness (QED) is 0.0742. The van der Waals surface area contributed by atoms with E-state index >= 15 is 0 Å². The van der Waals surface area contributed by atoms with Gasteiger partial charge in [-0.15, -0.1) is 4.73 Å². The molecule has 9 atom stereocenters. The third-order valence-corrected chi connectivity index (χ3v) is 14.5. The number of aromatic nitrogens is 1. The number of likely N-dealkylation sites (N-methyl/N-ethyl adjacent to an activating group) is 2. The molecule has 0 spiro atoms. The van der Waals surface area contributed by atoms with Gasteiger partial charge in [0.2, 0.25) is 35.4 Å². The van der Waals surface area contributed by atoms with Crippen molar-refractivity contribution in [1.29, 1.82) is 0 Å². The van der Waals surface area contributed by atoms with Crippen LogP contribution in [0.5, 0.6) is 17.5 Å². The van der Waals surface area contributed by atoms with E-state index in [0.29, 0.717) is 69.5 Å². The smallest absolute Gasteiger partial charge is 0.333 e. The van der Waals surface area contributed by atoms with Crippen molar-refractivity contribution < 1.29 is 63.2 Å². The van der Waals surface area contributed by atoms with Gasteiger partial charge >= 0.3 is 5.97 Å². The topological polar surface area (TPSA) is 242 Å². The molecular weight excluding hydrogens is 943 g/mol. The van der Waals surface area contributed by atoms with Crippen LogP contribution in [0.3, 0.4) is 0 Å². The number of hydroxylamine groups is 2. The number of rotatable bonds is 28. The van der Waals surface area contributed by atoms with Crippen LogP contribution in [0, 0.1) is 23.7 Å². The summed E-state index contributed by atoms with van der Waals surface area (Å²) in [5.74, 6) is -4.21. The predicted molar refractivity (Wildman–Crippen MR) is 273 cm³/mol. The number of nitrogens with one attached hydrogen (secondary N) is 2. The minimum Gasteiger partial charge on any atom is -0.508 e. The summed E-state index contributed by atoms with van der Waals surface area (Å²) in [6.45, 7) is 15.2. The van der Waals surface area contributed by atoms with Crippen molar-refractivity contribution in [3.05, 3.63) is 42.0 Å². The number of aromatic hydroxyl groups is 3. The molecule has 2 aliphatic heterocycles. The Bertz CT molecular complexity index is 2080. The summed E-state index contributed by atoms with van der Waals surface area (Å²) >= 11 is 0. The summed E-state index contributed by atoms with van der Waals surface area (Å²) in [5, 5.41) is 36.7. The Morgan fingerprint density at radius 1 is 0.808 bits per heavy atom. The van der Waals surface area contributed by atoms with Gasteiger partial charge in [0.25, 0.3) is 5.91 Å². The van der Waals surface area contributed by atoms with Crippen molar-refractivity contribution in [2.75, 3.05) is 54.6 Å².